The summed E-state index contributed by atoms with van der Waals surface area (Å²) in [6, 6.07) is 3.88. The Hall–Kier alpha value is -1.53. The third-order valence-corrected chi connectivity index (χ3v) is 1.85. The Labute approximate surface area is 88.0 Å². The molecular weight excluding hydrogens is 198 g/mol. The zero-order valence-corrected chi connectivity index (χ0v) is 8.60. The van der Waals surface area contributed by atoms with Gasteiger partial charge in [-0.25, -0.2) is 4.98 Å². The predicted molar refractivity (Wildman–Crippen MR) is 57.2 cm³/mol. The fraction of sp³-hybridized carbons (Fsp3) is 0.200. The zero-order valence-electron chi connectivity index (χ0n) is 7.84. The van der Waals surface area contributed by atoms with Gasteiger partial charge in [0.1, 0.15) is 11.9 Å². The Bertz CT molecular complexity index is 393. The lowest BCUT2D eigenvalue weighted by molar-refractivity contribution is 1.18. The molecule has 0 aliphatic heterocycles. The number of aryl methyl sites for hydroxylation is 1. The van der Waals surface area contributed by atoms with Gasteiger partial charge in [-0.1, -0.05) is 18.2 Å². The van der Waals surface area contributed by atoms with Crippen LogP contribution >= 0.6 is 11.6 Å². The molecule has 0 spiro atoms. The van der Waals surface area contributed by atoms with Crippen molar-refractivity contribution in [3.8, 4) is 6.07 Å². The van der Waals surface area contributed by atoms with Crippen molar-refractivity contribution in [2.45, 2.75) is 6.92 Å². The maximum Gasteiger partial charge on any atom is 0.144 e. The number of pyridine rings is 1. The van der Waals surface area contributed by atoms with Crippen LogP contribution in [0.15, 0.2) is 23.9 Å². The Kier molecular flexibility index (Phi) is 3.49. The molecule has 1 aromatic rings. The van der Waals surface area contributed by atoms with Crippen LogP contribution in [-0.2, 0) is 0 Å². The van der Waals surface area contributed by atoms with Crippen molar-refractivity contribution in [2.24, 2.45) is 0 Å². The van der Waals surface area contributed by atoms with Crippen LogP contribution in [0.4, 0.5) is 5.82 Å². The van der Waals surface area contributed by atoms with E-state index in [-0.39, 0.29) is 0 Å². The van der Waals surface area contributed by atoms with Crippen LogP contribution in [0.5, 0.6) is 0 Å². The molecule has 0 radical (unpaired) electrons. The highest BCUT2D eigenvalue weighted by Crippen LogP contribution is 2.15. The fourth-order valence-corrected chi connectivity index (χ4v) is 1.08. The van der Waals surface area contributed by atoms with Crippen LogP contribution < -0.4 is 5.32 Å². The molecule has 1 N–H and O–H groups in total. The van der Waals surface area contributed by atoms with Crippen molar-refractivity contribution >= 4 is 17.4 Å². The second kappa shape index (κ2) is 4.64. The van der Waals surface area contributed by atoms with E-state index in [4.69, 9.17) is 16.9 Å². The molecule has 0 unspecified atom stereocenters. The Morgan fingerprint density at radius 3 is 3.07 bits per heavy atom. The number of nitrogens with zero attached hydrogens (tertiary/aromatic N) is 2. The van der Waals surface area contributed by atoms with E-state index in [1.165, 1.54) is 0 Å². The first kappa shape index (κ1) is 10.6. The average Bonchev–Trinajstić information content (AvgIpc) is 2.14. The molecule has 4 heteroatoms. The van der Waals surface area contributed by atoms with Gasteiger partial charge in [0.2, 0.25) is 0 Å². The maximum absolute atomic E-state index is 8.88. The monoisotopic (exact) mass is 207 g/mol. The molecule has 0 aliphatic rings. The number of nitrogens with one attached hydrogen (secondary N) is 1. The van der Waals surface area contributed by atoms with Crippen molar-refractivity contribution in [1.29, 1.82) is 5.26 Å². The van der Waals surface area contributed by atoms with Gasteiger partial charge < -0.3 is 5.32 Å². The summed E-state index contributed by atoms with van der Waals surface area (Å²) in [4.78, 5) is 4.05. The lowest BCUT2D eigenvalue weighted by Crippen LogP contribution is -2.05. The maximum atomic E-state index is 8.88. The summed E-state index contributed by atoms with van der Waals surface area (Å²) < 4.78 is 0. The van der Waals surface area contributed by atoms with E-state index in [0.29, 0.717) is 23.0 Å². The van der Waals surface area contributed by atoms with Gasteiger partial charge in [-0.2, -0.15) is 5.26 Å². The minimum Gasteiger partial charge on any atom is -0.364 e. The summed E-state index contributed by atoms with van der Waals surface area (Å²) in [7, 11) is 0. The van der Waals surface area contributed by atoms with Crippen molar-refractivity contribution in [3.05, 3.63) is 35.0 Å². The molecule has 14 heavy (non-hydrogen) atoms. The molecule has 0 bridgehead atoms. The average molecular weight is 208 g/mol. The molecule has 0 atom stereocenters. The summed E-state index contributed by atoms with van der Waals surface area (Å²) in [6.45, 7) is 5.81. The van der Waals surface area contributed by atoms with Gasteiger partial charge in [0, 0.05) is 11.2 Å². The van der Waals surface area contributed by atoms with Gasteiger partial charge in [-0.3, -0.25) is 0 Å². The Morgan fingerprint density at radius 1 is 1.79 bits per heavy atom. The summed E-state index contributed by atoms with van der Waals surface area (Å²) >= 11 is 5.60. The minimum atomic E-state index is 0.409. The standard InChI is InChI=1S/C10H10ClN3/c1-7-3-4-13-10(9(7)5-12)14-6-8(2)11/h3-4H,2,6H2,1H3,(H,13,14). The van der Waals surface area contributed by atoms with Gasteiger partial charge in [0.05, 0.1) is 12.1 Å². The minimum absolute atomic E-state index is 0.409. The second-order valence-electron chi connectivity index (χ2n) is 2.83. The van der Waals surface area contributed by atoms with E-state index >= 15 is 0 Å². The molecule has 0 fully saturated rings. The van der Waals surface area contributed by atoms with Crippen LogP contribution in [0.25, 0.3) is 0 Å². The van der Waals surface area contributed by atoms with Gasteiger partial charge in [0.15, 0.2) is 0 Å². The van der Waals surface area contributed by atoms with E-state index in [0.717, 1.165) is 5.56 Å². The van der Waals surface area contributed by atoms with E-state index in [1.54, 1.807) is 12.3 Å². The van der Waals surface area contributed by atoms with Crippen molar-refractivity contribution < 1.29 is 0 Å². The normalized spacial score (nSPS) is 9.21. The van der Waals surface area contributed by atoms with E-state index in [1.807, 2.05) is 6.92 Å². The molecule has 72 valence electrons. The molecule has 3 nitrogen and oxygen atoms in total. The van der Waals surface area contributed by atoms with Crippen LogP contribution in [0.1, 0.15) is 11.1 Å². The summed E-state index contributed by atoms with van der Waals surface area (Å²) in [5.41, 5.74) is 1.44. The molecule has 1 rings (SSSR count). The van der Waals surface area contributed by atoms with Gasteiger partial charge in [-0.05, 0) is 18.6 Å². The summed E-state index contributed by atoms with van der Waals surface area (Å²) in [6.07, 6.45) is 1.65. The first-order chi connectivity index (χ1) is 6.65. The molecule has 0 saturated heterocycles. The molecule has 0 aliphatic carbocycles. The molecule has 0 saturated carbocycles. The van der Waals surface area contributed by atoms with Crippen LogP contribution in [0, 0.1) is 18.3 Å². The summed E-state index contributed by atoms with van der Waals surface area (Å²) in [5, 5.41) is 12.3. The number of anilines is 1. The van der Waals surface area contributed by atoms with Crippen molar-refractivity contribution in [3.63, 3.8) is 0 Å². The van der Waals surface area contributed by atoms with E-state index < -0.39 is 0 Å². The number of halogens is 1. The number of nitriles is 1. The molecular formula is C10H10ClN3. The third-order valence-electron chi connectivity index (χ3n) is 1.72. The van der Waals surface area contributed by atoms with Gasteiger partial charge in [-0.15, -0.1) is 0 Å². The molecule has 1 aromatic heterocycles. The van der Waals surface area contributed by atoms with Crippen molar-refractivity contribution in [2.75, 3.05) is 11.9 Å². The first-order valence-corrected chi connectivity index (χ1v) is 4.46. The van der Waals surface area contributed by atoms with Crippen LogP contribution in [-0.4, -0.2) is 11.5 Å². The quantitative estimate of drug-likeness (QED) is 0.828. The highest BCUT2D eigenvalue weighted by molar-refractivity contribution is 6.29. The fourth-order valence-electron chi connectivity index (χ4n) is 1.01. The second-order valence-corrected chi connectivity index (χ2v) is 3.37. The highest BCUT2D eigenvalue weighted by Gasteiger charge is 2.05. The number of hydrogen-bond acceptors (Lipinski definition) is 3. The zero-order chi connectivity index (χ0) is 10.6. The first-order valence-electron chi connectivity index (χ1n) is 4.08. The lowest BCUT2D eigenvalue weighted by Gasteiger charge is -2.06. The van der Waals surface area contributed by atoms with E-state index in [2.05, 4.69) is 22.9 Å². The predicted octanol–water partition coefficient (Wildman–Crippen LogP) is 2.43. The van der Waals surface area contributed by atoms with Crippen LogP contribution in [0.3, 0.4) is 0 Å². The van der Waals surface area contributed by atoms with Gasteiger partial charge >= 0.3 is 0 Å². The highest BCUT2D eigenvalue weighted by atomic mass is 35.5. The lowest BCUT2D eigenvalue weighted by atomic mass is 10.1. The summed E-state index contributed by atoms with van der Waals surface area (Å²) in [5.74, 6) is 0.550. The molecule has 1 heterocycles. The Balaban J connectivity index is 2.92. The van der Waals surface area contributed by atoms with E-state index in [9.17, 15) is 0 Å². The van der Waals surface area contributed by atoms with Crippen molar-refractivity contribution in [1.82, 2.24) is 4.98 Å². The number of hydrogen-bond donors (Lipinski definition) is 1. The topological polar surface area (TPSA) is 48.7 Å². The number of aromatic nitrogens is 1. The molecule has 0 amide bonds. The Morgan fingerprint density at radius 2 is 2.50 bits per heavy atom. The van der Waals surface area contributed by atoms with Crippen LogP contribution in [0.2, 0.25) is 0 Å². The van der Waals surface area contributed by atoms with Gasteiger partial charge in [0.25, 0.3) is 0 Å². The number of rotatable bonds is 3. The molecule has 0 aromatic carbocycles. The third kappa shape index (κ3) is 2.48. The smallest absolute Gasteiger partial charge is 0.144 e. The largest absolute Gasteiger partial charge is 0.364 e. The SMILES string of the molecule is C=C(Cl)CNc1nccc(C)c1C#N.